The lowest BCUT2D eigenvalue weighted by Crippen LogP contribution is -2.15. The van der Waals surface area contributed by atoms with Crippen LogP contribution in [-0.4, -0.2) is 101 Å². The Morgan fingerprint density at radius 1 is 0.500 bits per heavy atom. The van der Waals surface area contributed by atoms with Crippen LogP contribution in [0.25, 0.3) is 23.3 Å². The molecule has 0 aliphatic heterocycles. The van der Waals surface area contributed by atoms with Gasteiger partial charge in [0.05, 0.1) is 45.5 Å². The number of carboxylic acids is 2. The monoisotopic (exact) mass is 1190 g/mol. The summed E-state index contributed by atoms with van der Waals surface area (Å²) in [6.07, 6.45) is 13.4. The van der Waals surface area contributed by atoms with Crippen molar-refractivity contribution in [3.63, 3.8) is 0 Å². The molecule has 6 aromatic carbocycles. The number of aliphatic hydroxyl groups is 1. The van der Waals surface area contributed by atoms with Crippen LogP contribution in [0, 0.1) is 11.8 Å². The largest absolute Gasteiger partial charge is 0.508 e. The predicted octanol–water partition coefficient (Wildman–Crippen LogP) is 14.2. The molecule has 6 N–H and O–H groups in total. The third kappa shape index (κ3) is 33.8. The number of unbranched alkanes of at least 4 members (excludes halogenated alkanes) is 2. The zero-order valence-electron chi connectivity index (χ0n) is 50.2. The molecular formula is C69H88O17. The Hall–Kier alpha value is -9.22. The van der Waals surface area contributed by atoms with Crippen LogP contribution < -0.4 is 14.2 Å². The maximum atomic E-state index is 12.9. The van der Waals surface area contributed by atoms with E-state index in [1.165, 1.54) is 57.4 Å². The van der Waals surface area contributed by atoms with Gasteiger partial charge in [-0.3, -0.25) is 19.2 Å². The Morgan fingerprint density at radius 2 is 0.860 bits per heavy atom. The molecule has 0 radical (unpaired) electrons. The van der Waals surface area contributed by atoms with Gasteiger partial charge in [0.25, 0.3) is 0 Å². The molecule has 6 aromatic rings. The van der Waals surface area contributed by atoms with Gasteiger partial charge in [0.1, 0.15) is 40.8 Å². The van der Waals surface area contributed by atoms with Gasteiger partial charge in [-0.25, -0.2) is 9.59 Å². The SMILES string of the molecule is C.CC(=O)OC(C)=O.CCCCC(CC)CO.CCCCC(CC)COC(=O)/C(=C/c1ccc(OC)cc1)c1ccc(O)cc1.COc1ccc(/C=C(/C(=O)O)c2ccc(O)cc2)cc1.COc1ccc(C=O)cc1.O=C(O)Cc1ccc(O)cc1. The van der Waals surface area contributed by atoms with Crippen LogP contribution in [0.1, 0.15) is 139 Å². The molecule has 0 aliphatic carbocycles. The van der Waals surface area contributed by atoms with Crippen molar-refractivity contribution >= 4 is 59.4 Å². The number of carbonyl (C=O) groups is 6. The summed E-state index contributed by atoms with van der Waals surface area (Å²) in [4.78, 5) is 64.2. The highest BCUT2D eigenvalue weighted by Crippen LogP contribution is 2.26. The average Bonchev–Trinajstić information content (AvgIpc) is 3.69. The van der Waals surface area contributed by atoms with Gasteiger partial charge in [0.2, 0.25) is 0 Å². The number of ether oxygens (including phenoxy) is 5. The van der Waals surface area contributed by atoms with E-state index in [4.69, 9.17) is 34.3 Å². The van der Waals surface area contributed by atoms with Gasteiger partial charge in [-0.2, -0.15) is 0 Å². The lowest BCUT2D eigenvalue weighted by Gasteiger charge is -2.16. The first-order valence-corrected chi connectivity index (χ1v) is 27.8. The Bertz CT molecular complexity index is 2900. The second kappa shape index (κ2) is 45.2. The van der Waals surface area contributed by atoms with Crippen LogP contribution in [0.3, 0.4) is 0 Å². The fourth-order valence-corrected chi connectivity index (χ4v) is 7.30. The second-order valence-electron chi connectivity index (χ2n) is 18.9. The van der Waals surface area contributed by atoms with E-state index in [2.05, 4.69) is 32.4 Å². The summed E-state index contributed by atoms with van der Waals surface area (Å²) in [5.41, 5.74) is 4.86. The van der Waals surface area contributed by atoms with Crippen molar-refractivity contribution in [2.24, 2.45) is 11.8 Å². The van der Waals surface area contributed by atoms with E-state index in [1.807, 2.05) is 24.3 Å². The average molecular weight is 1190 g/mol. The number of aldehydes is 1. The van der Waals surface area contributed by atoms with Crippen LogP contribution in [0.4, 0.5) is 0 Å². The molecule has 0 aromatic heterocycles. The predicted molar refractivity (Wildman–Crippen MR) is 337 cm³/mol. The van der Waals surface area contributed by atoms with Crippen molar-refractivity contribution in [3.05, 3.63) is 179 Å². The van der Waals surface area contributed by atoms with Crippen molar-refractivity contribution < 1.29 is 83.1 Å². The van der Waals surface area contributed by atoms with Crippen molar-refractivity contribution in [1.29, 1.82) is 0 Å². The first-order chi connectivity index (χ1) is 40.7. The summed E-state index contributed by atoms with van der Waals surface area (Å²) in [5, 5.41) is 54.1. The van der Waals surface area contributed by atoms with Crippen LogP contribution >= 0.6 is 0 Å². The number of aliphatic hydroxyl groups excluding tert-OH is 1. The molecule has 0 aliphatic rings. The number of methoxy groups -OCH3 is 3. The summed E-state index contributed by atoms with van der Waals surface area (Å²) >= 11 is 0. The van der Waals surface area contributed by atoms with E-state index < -0.39 is 23.9 Å². The van der Waals surface area contributed by atoms with Crippen LogP contribution in [-0.2, 0) is 39.9 Å². The number of esters is 3. The topological polar surface area (TPSA) is 270 Å². The Labute approximate surface area is 507 Å². The van der Waals surface area contributed by atoms with Gasteiger partial charge in [0, 0.05) is 26.0 Å². The van der Waals surface area contributed by atoms with E-state index in [9.17, 15) is 44.1 Å². The van der Waals surface area contributed by atoms with E-state index in [1.54, 1.807) is 131 Å². The summed E-state index contributed by atoms with van der Waals surface area (Å²) in [6.45, 7) is 11.8. The van der Waals surface area contributed by atoms with E-state index >= 15 is 0 Å². The van der Waals surface area contributed by atoms with Crippen molar-refractivity contribution in [1.82, 2.24) is 0 Å². The van der Waals surface area contributed by atoms with E-state index in [-0.39, 0.29) is 42.6 Å². The number of phenols is 3. The van der Waals surface area contributed by atoms with Gasteiger partial charge in [-0.15, -0.1) is 0 Å². The number of carbonyl (C=O) groups excluding carboxylic acids is 4. The summed E-state index contributed by atoms with van der Waals surface area (Å²) in [6, 6.07) is 40.3. The highest BCUT2D eigenvalue weighted by atomic mass is 16.6. The van der Waals surface area contributed by atoms with Gasteiger partial charge < -0.3 is 54.3 Å². The van der Waals surface area contributed by atoms with E-state index in [0.717, 1.165) is 61.0 Å². The number of aliphatic carboxylic acids is 2. The number of rotatable bonds is 23. The maximum absolute atomic E-state index is 12.9. The minimum Gasteiger partial charge on any atom is -0.508 e. The van der Waals surface area contributed by atoms with Gasteiger partial charge in [0.15, 0.2) is 0 Å². The smallest absolute Gasteiger partial charge is 0.338 e. The fourth-order valence-electron chi connectivity index (χ4n) is 7.30. The molecule has 17 nitrogen and oxygen atoms in total. The van der Waals surface area contributed by atoms with Gasteiger partial charge >= 0.3 is 29.8 Å². The second-order valence-corrected chi connectivity index (χ2v) is 18.9. The minimum atomic E-state index is -1.02. The molecule has 0 heterocycles. The zero-order valence-corrected chi connectivity index (χ0v) is 50.2. The third-order valence-electron chi connectivity index (χ3n) is 12.3. The Kier molecular flexibility index (Phi) is 40.4. The molecule has 0 saturated heterocycles. The number of hydrogen-bond acceptors (Lipinski definition) is 15. The summed E-state index contributed by atoms with van der Waals surface area (Å²) in [5.74, 6) is 0.227. The lowest BCUT2D eigenvalue weighted by atomic mass is 10.00. The van der Waals surface area contributed by atoms with Crippen LogP contribution in [0.15, 0.2) is 146 Å². The van der Waals surface area contributed by atoms with Crippen LogP contribution in [0.2, 0.25) is 0 Å². The molecule has 86 heavy (non-hydrogen) atoms. The van der Waals surface area contributed by atoms with Crippen LogP contribution in [0.5, 0.6) is 34.5 Å². The molecule has 6 rings (SSSR count). The maximum Gasteiger partial charge on any atom is 0.338 e. The summed E-state index contributed by atoms with van der Waals surface area (Å²) < 4.78 is 24.8. The quantitative estimate of drug-likeness (QED) is 0.0114. The molecule has 2 unspecified atom stereocenters. The normalized spacial score (nSPS) is 11.0. The molecule has 466 valence electrons. The molecule has 0 fully saturated rings. The molecule has 17 heteroatoms. The number of carboxylic acid groups (broad SMARTS) is 2. The van der Waals surface area contributed by atoms with Crippen molar-refractivity contribution in [3.8, 4) is 34.5 Å². The highest BCUT2D eigenvalue weighted by molar-refractivity contribution is 6.22. The van der Waals surface area contributed by atoms with Gasteiger partial charge in [-0.1, -0.05) is 134 Å². The Balaban J connectivity index is 0.00000108. The fraction of sp³-hybridized carbons (Fsp3) is 0.333. The number of hydrogen-bond donors (Lipinski definition) is 6. The van der Waals surface area contributed by atoms with Crippen molar-refractivity contribution in [2.45, 2.75) is 107 Å². The van der Waals surface area contributed by atoms with E-state index in [0.29, 0.717) is 58.6 Å². The number of aromatic hydroxyl groups is 3. The van der Waals surface area contributed by atoms with Crippen molar-refractivity contribution in [2.75, 3.05) is 34.5 Å². The molecule has 0 spiro atoms. The molecule has 0 bridgehead atoms. The molecule has 2 atom stereocenters. The highest BCUT2D eigenvalue weighted by Gasteiger charge is 2.17. The zero-order chi connectivity index (χ0) is 63.5. The first kappa shape index (κ1) is 76.8. The summed E-state index contributed by atoms with van der Waals surface area (Å²) in [7, 11) is 4.78. The van der Waals surface area contributed by atoms with Gasteiger partial charge in [-0.05, 0) is 150 Å². The third-order valence-corrected chi connectivity index (χ3v) is 12.3. The lowest BCUT2D eigenvalue weighted by molar-refractivity contribution is -0.156. The number of phenolic OH excluding ortho intramolecular Hbond substituents is 3. The number of benzene rings is 6. The molecule has 0 amide bonds. The molecular weight excluding hydrogens is 1100 g/mol. The first-order valence-electron chi connectivity index (χ1n) is 27.8. The standard InChI is InChI=1S/C24H30O4.C16H14O4.C8H8O3.C8H8O2.C8H18O.C4H6O3.CH4/c1-4-6-7-18(5-2)17-28-24(26)23(20-10-12-21(25)13-11-20)16-19-8-14-22(27-3)15-9-19;1-20-14-8-2-11(3-9-14)10-15(16(18)19)12-4-6-13(17)7-5-12;9-7-3-1-6(2-4-7)5-8(10)11;1-10-8-4-2-7(6-9)3-5-8;1-3-5-6-8(4-2)7-9;1-3(5)7-4(2)6;/h8-16,18,25H,4-7,17H2,1-3H3;2-10,17H,1H3,(H,18,19);1-4,9H,5H2,(H,10,11);2-6H,1H3;8-9H,3-7H2,1-2H3;1-2H3;1H4/b23-16+;15-10+;;;;;. The molecule has 0 saturated carbocycles. The minimum absolute atomic E-state index is 0. The Morgan fingerprint density at radius 3 is 1.17 bits per heavy atom.